The molecule has 0 radical (unpaired) electrons. The van der Waals surface area contributed by atoms with E-state index in [2.05, 4.69) is 30.3 Å². The summed E-state index contributed by atoms with van der Waals surface area (Å²) in [5, 5.41) is 0. The predicted molar refractivity (Wildman–Crippen MR) is 91.5 cm³/mol. The molecule has 23 heavy (non-hydrogen) atoms. The molecule has 2 rings (SSSR count). The Labute approximate surface area is 163 Å². The minimum Gasteiger partial charge on any atom is -0.463 e. The Bertz CT molecular complexity index is 589. The van der Waals surface area contributed by atoms with Gasteiger partial charge in [-0.25, -0.2) is 4.79 Å². The minimum atomic E-state index is -0.290. The zero-order valence-electron chi connectivity index (χ0n) is 12.7. The summed E-state index contributed by atoms with van der Waals surface area (Å²) in [5.74, 6) is -0.290. The molecule has 0 aliphatic heterocycles. The number of carbonyl (C=O) groups is 1. The first kappa shape index (κ1) is 21.7. The first-order valence-electron chi connectivity index (χ1n) is 7.16. The summed E-state index contributed by atoms with van der Waals surface area (Å²) in [6, 6.07) is 19.2. The molecule has 0 N–H and O–H groups in total. The van der Waals surface area contributed by atoms with Crippen molar-refractivity contribution in [2.75, 3.05) is 6.61 Å². The van der Waals surface area contributed by atoms with Gasteiger partial charge in [0, 0.05) is 37.2 Å². The average Bonchev–Trinajstić information content (AvgIpc) is 2.53. The Morgan fingerprint density at radius 3 is 2.30 bits per heavy atom. The van der Waals surface area contributed by atoms with Gasteiger partial charge in [0.15, 0.2) is 0 Å². The van der Waals surface area contributed by atoms with E-state index < -0.39 is 0 Å². The van der Waals surface area contributed by atoms with Crippen molar-refractivity contribution in [1.29, 1.82) is 0 Å². The average molecular weight is 533 g/mol. The van der Waals surface area contributed by atoms with Crippen LogP contribution in [0.15, 0.2) is 54.6 Å². The van der Waals surface area contributed by atoms with Crippen LogP contribution in [0.5, 0.6) is 0 Å². The van der Waals surface area contributed by atoms with E-state index in [1.54, 1.807) is 6.08 Å². The molecule has 0 atom stereocenters. The fraction of sp³-hybridized carbons (Fsp3) is 0.250. The van der Waals surface area contributed by atoms with Crippen LogP contribution >= 0.6 is 0 Å². The summed E-state index contributed by atoms with van der Waals surface area (Å²) in [6.07, 6.45) is 4.99. The standard InChI is InChI=1S/C19H19O2.CH4.U/c1-2-14-21-19(20)13-12-16-8-10-18(11-9-16)15-17-6-4-3-5-7-17;;/h4-13H,2,14-15H2,1H3;1H4;/q-1;;/b13-12+;;. The van der Waals surface area contributed by atoms with Crippen LogP contribution in [0.2, 0.25) is 0 Å². The van der Waals surface area contributed by atoms with Gasteiger partial charge in [-0.05, 0) is 30.0 Å². The van der Waals surface area contributed by atoms with Gasteiger partial charge < -0.3 is 4.74 Å². The molecule has 0 bridgehead atoms. The van der Waals surface area contributed by atoms with Crippen molar-refractivity contribution < 1.29 is 40.6 Å². The quantitative estimate of drug-likeness (QED) is 0.306. The second-order valence-electron chi connectivity index (χ2n) is 4.83. The van der Waals surface area contributed by atoms with E-state index in [0.29, 0.717) is 6.61 Å². The third-order valence-electron chi connectivity index (χ3n) is 3.04. The van der Waals surface area contributed by atoms with Gasteiger partial charge >= 0.3 is 5.97 Å². The Balaban J connectivity index is 0.00000242. The molecule has 0 aliphatic rings. The van der Waals surface area contributed by atoms with E-state index >= 15 is 0 Å². The molecule has 2 aromatic rings. The largest absolute Gasteiger partial charge is 0.463 e. The monoisotopic (exact) mass is 533 g/mol. The van der Waals surface area contributed by atoms with Crippen LogP contribution in [0.25, 0.3) is 6.08 Å². The van der Waals surface area contributed by atoms with E-state index in [4.69, 9.17) is 4.74 Å². The van der Waals surface area contributed by atoms with Crippen LogP contribution in [-0.4, -0.2) is 12.6 Å². The van der Waals surface area contributed by atoms with E-state index in [1.165, 1.54) is 17.2 Å². The SMILES string of the molecule is C.CCCOC(=O)/C=C/c1ccc(Cc2cc[c-]cc2)cc1.[U]. The Morgan fingerprint density at radius 2 is 1.70 bits per heavy atom. The second kappa shape index (κ2) is 12.2. The van der Waals surface area contributed by atoms with Gasteiger partial charge in [-0.15, -0.1) is 0 Å². The van der Waals surface area contributed by atoms with Crippen LogP contribution in [0.4, 0.5) is 0 Å². The number of hydrogen-bond acceptors (Lipinski definition) is 2. The van der Waals surface area contributed by atoms with Gasteiger partial charge in [0.05, 0.1) is 6.61 Å². The number of ether oxygens (including phenoxy) is 1. The molecule has 0 saturated heterocycles. The molecule has 0 spiro atoms. The Morgan fingerprint density at radius 1 is 1.09 bits per heavy atom. The van der Waals surface area contributed by atoms with Crippen LogP contribution in [0.1, 0.15) is 37.5 Å². The van der Waals surface area contributed by atoms with Crippen LogP contribution < -0.4 is 0 Å². The normalized spacial score (nSPS) is 9.78. The fourth-order valence-corrected chi connectivity index (χ4v) is 1.94. The topological polar surface area (TPSA) is 26.3 Å². The van der Waals surface area contributed by atoms with Crippen molar-refractivity contribution in [3.8, 4) is 0 Å². The predicted octanol–water partition coefficient (Wildman–Crippen LogP) is 4.68. The first-order valence-corrected chi connectivity index (χ1v) is 7.16. The molecule has 0 aliphatic carbocycles. The van der Waals surface area contributed by atoms with Crippen molar-refractivity contribution in [1.82, 2.24) is 0 Å². The number of benzene rings is 2. The molecule has 3 heteroatoms. The zero-order valence-corrected chi connectivity index (χ0v) is 16.9. The Hall–Kier alpha value is -1.30. The smallest absolute Gasteiger partial charge is 0.330 e. The number of esters is 1. The zero-order chi connectivity index (χ0) is 14.9. The van der Waals surface area contributed by atoms with Crippen molar-refractivity contribution >= 4 is 12.0 Å². The molecule has 0 fully saturated rings. The van der Waals surface area contributed by atoms with Crippen molar-refractivity contribution in [2.45, 2.75) is 27.2 Å². The summed E-state index contributed by atoms with van der Waals surface area (Å²) >= 11 is 0. The van der Waals surface area contributed by atoms with Gasteiger partial charge in [-0.2, -0.15) is 35.9 Å². The van der Waals surface area contributed by atoms with E-state index in [1.807, 2.05) is 31.2 Å². The molecule has 0 amide bonds. The summed E-state index contributed by atoms with van der Waals surface area (Å²) in [7, 11) is 0. The molecule has 2 nitrogen and oxygen atoms in total. The number of hydrogen-bond donors (Lipinski definition) is 0. The Kier molecular flexibility index (Phi) is 11.5. The molecule has 0 saturated carbocycles. The third-order valence-corrected chi connectivity index (χ3v) is 3.04. The molecule has 120 valence electrons. The number of carbonyl (C=O) groups excluding carboxylic acids is 1. The van der Waals surface area contributed by atoms with E-state index in [9.17, 15) is 4.79 Å². The first-order chi connectivity index (χ1) is 10.3. The van der Waals surface area contributed by atoms with Crippen LogP contribution in [0.3, 0.4) is 0 Å². The molecule has 0 unspecified atom stereocenters. The van der Waals surface area contributed by atoms with Crippen LogP contribution in [-0.2, 0) is 16.0 Å². The van der Waals surface area contributed by atoms with Gasteiger partial charge in [0.2, 0.25) is 0 Å². The molecule has 0 heterocycles. The van der Waals surface area contributed by atoms with Gasteiger partial charge in [0.25, 0.3) is 0 Å². The fourth-order valence-electron chi connectivity index (χ4n) is 1.94. The molecular weight excluding hydrogens is 510 g/mol. The van der Waals surface area contributed by atoms with Crippen molar-refractivity contribution in [2.24, 2.45) is 0 Å². The summed E-state index contributed by atoms with van der Waals surface area (Å²) in [6.45, 7) is 2.44. The second-order valence-corrected chi connectivity index (χ2v) is 4.83. The van der Waals surface area contributed by atoms with Crippen molar-refractivity contribution in [3.05, 3.63) is 77.4 Å². The third kappa shape index (κ3) is 8.21. The summed E-state index contributed by atoms with van der Waals surface area (Å²) < 4.78 is 4.99. The maximum atomic E-state index is 11.4. The van der Waals surface area contributed by atoms with Gasteiger partial charge in [0.1, 0.15) is 0 Å². The van der Waals surface area contributed by atoms with E-state index in [0.717, 1.165) is 18.4 Å². The maximum Gasteiger partial charge on any atom is 0.330 e. The van der Waals surface area contributed by atoms with Gasteiger partial charge in [-0.1, -0.05) is 38.6 Å². The summed E-state index contributed by atoms with van der Waals surface area (Å²) in [5.41, 5.74) is 3.50. The van der Waals surface area contributed by atoms with E-state index in [-0.39, 0.29) is 44.5 Å². The van der Waals surface area contributed by atoms with Crippen LogP contribution in [0, 0.1) is 37.2 Å². The molecule has 0 aromatic heterocycles. The number of rotatable bonds is 6. The van der Waals surface area contributed by atoms with Gasteiger partial charge in [-0.3, -0.25) is 0 Å². The summed E-state index contributed by atoms with van der Waals surface area (Å²) in [4.78, 5) is 11.4. The maximum absolute atomic E-state index is 11.4. The molecule has 2 aromatic carbocycles. The van der Waals surface area contributed by atoms with Crippen molar-refractivity contribution in [3.63, 3.8) is 0 Å². The molecular formula is C20H23O2U-. The minimum absolute atomic E-state index is 0.